The van der Waals surface area contributed by atoms with Gasteiger partial charge in [0.05, 0.1) is 33.3 Å². The van der Waals surface area contributed by atoms with Gasteiger partial charge in [-0.3, -0.25) is 9.59 Å². The maximum absolute atomic E-state index is 13.7. The smallest absolute Gasteiger partial charge is 0.255 e. The number of rotatable bonds is 8. The third kappa shape index (κ3) is 5.34. The van der Waals surface area contributed by atoms with Crippen molar-refractivity contribution in [1.82, 2.24) is 5.32 Å². The van der Waals surface area contributed by atoms with Crippen LogP contribution >= 0.6 is 11.6 Å². The summed E-state index contributed by atoms with van der Waals surface area (Å²) >= 11 is 6.24. The van der Waals surface area contributed by atoms with Gasteiger partial charge in [0.25, 0.3) is 5.91 Å². The summed E-state index contributed by atoms with van der Waals surface area (Å²) in [5.41, 5.74) is -3.34. The number of benzene rings is 2. The highest BCUT2D eigenvalue weighted by molar-refractivity contribution is 7.92. The largest absolute Gasteiger partial charge is 0.393 e. The van der Waals surface area contributed by atoms with E-state index in [0.717, 1.165) is 6.07 Å². The Morgan fingerprint density at radius 2 is 1.63 bits per heavy atom. The Morgan fingerprint density at radius 3 is 2.20 bits per heavy atom. The Morgan fingerprint density at radius 1 is 1.02 bits per heavy atom. The molecule has 2 aromatic carbocycles. The summed E-state index contributed by atoms with van der Waals surface area (Å²) in [6.07, 6.45) is 1.35. The predicted molar refractivity (Wildman–Crippen MR) is 140 cm³/mol. The van der Waals surface area contributed by atoms with Crippen LogP contribution in [-0.4, -0.2) is 65.2 Å². The van der Waals surface area contributed by atoms with Crippen molar-refractivity contribution < 1.29 is 46.5 Å². The van der Waals surface area contributed by atoms with Crippen LogP contribution < -0.4 is 10.6 Å². The highest BCUT2D eigenvalue weighted by atomic mass is 35.5. The molecule has 14 heteroatoms. The summed E-state index contributed by atoms with van der Waals surface area (Å²) in [5.74, 6) is -7.78. The number of hydrogen-bond acceptors (Lipinski definition) is 7. The normalized spacial score (nSPS) is 30.6. The van der Waals surface area contributed by atoms with E-state index in [1.807, 2.05) is 0 Å². The molecule has 2 aromatic rings. The van der Waals surface area contributed by atoms with E-state index in [9.17, 15) is 46.5 Å². The quantitative estimate of drug-likeness (QED) is 0.286. The molecule has 5 N–H and O–H groups in total. The van der Waals surface area contributed by atoms with Gasteiger partial charge < -0.3 is 26.0 Å². The molecule has 0 saturated heterocycles. The average molecular weight is 617 g/mol. The minimum Gasteiger partial charge on any atom is -0.393 e. The summed E-state index contributed by atoms with van der Waals surface area (Å²) in [6.45, 7) is -0.665. The van der Waals surface area contributed by atoms with Crippen molar-refractivity contribution >= 4 is 38.9 Å². The lowest BCUT2D eigenvalue weighted by Gasteiger charge is -2.42. The second-order valence-corrected chi connectivity index (χ2v) is 13.8. The molecular formula is C27H28ClF3N2O7S. The number of fused-ring (bicyclic) bond motifs is 2. The number of nitrogens with one attached hydrogen (secondary N) is 2. The van der Waals surface area contributed by atoms with Crippen LogP contribution in [0.15, 0.2) is 35.2 Å². The van der Waals surface area contributed by atoms with Crippen LogP contribution in [0.3, 0.4) is 0 Å². The standard InChI is InChI=1S/C27H28ClF3N2O7S/c28-19-4-1-13(24(35)33-16-8-20(29)23(31)21(30)9-16)5-22(19)41(39,40)17-6-14-2-3-15(7-17)27(14,38)11-32-25(36)18-10-26(18,37)12-34/h1,4-5,8-9,14-15,17-18,34,37-38H,2-3,6-7,10-12H2,(H,32,36)(H,33,35)/t14-,15?,17-,18?,26?,27-/m0/s1. The van der Waals surface area contributed by atoms with E-state index >= 15 is 0 Å². The first-order chi connectivity index (χ1) is 19.2. The second kappa shape index (κ2) is 10.5. The van der Waals surface area contributed by atoms with Gasteiger partial charge in [-0.05, 0) is 62.1 Å². The monoisotopic (exact) mass is 616 g/mol. The van der Waals surface area contributed by atoms with Crippen molar-refractivity contribution in [3.63, 3.8) is 0 Å². The Kier molecular flexibility index (Phi) is 7.65. The molecule has 0 spiro atoms. The average Bonchev–Trinajstić information content (AvgIpc) is 3.60. The molecule has 0 aromatic heterocycles. The predicted octanol–water partition coefficient (Wildman–Crippen LogP) is 2.56. The van der Waals surface area contributed by atoms with E-state index in [0.29, 0.717) is 25.0 Å². The molecule has 2 amide bonds. The number of aliphatic hydroxyl groups is 3. The molecular weight excluding hydrogens is 589 g/mol. The summed E-state index contributed by atoms with van der Waals surface area (Å²) < 4.78 is 67.7. The summed E-state index contributed by atoms with van der Waals surface area (Å²) in [7, 11) is -4.11. The van der Waals surface area contributed by atoms with Crippen LogP contribution in [0, 0.1) is 35.2 Å². The molecule has 3 saturated carbocycles. The summed E-state index contributed by atoms with van der Waals surface area (Å²) in [6, 6.07) is 4.68. The lowest BCUT2D eigenvalue weighted by Crippen LogP contribution is -2.55. The first-order valence-corrected chi connectivity index (χ1v) is 14.9. The molecule has 222 valence electrons. The number of aliphatic hydroxyl groups excluding tert-OH is 1. The zero-order valence-corrected chi connectivity index (χ0v) is 23.1. The Balaban J connectivity index is 1.30. The number of sulfone groups is 1. The highest BCUT2D eigenvalue weighted by Crippen LogP contribution is 2.52. The molecule has 3 fully saturated rings. The fourth-order valence-corrected chi connectivity index (χ4v) is 8.59. The molecule has 3 aliphatic carbocycles. The maximum atomic E-state index is 13.7. The third-order valence-electron chi connectivity index (χ3n) is 8.73. The summed E-state index contributed by atoms with van der Waals surface area (Å²) in [5, 5.41) is 34.4. The van der Waals surface area contributed by atoms with Crippen molar-refractivity contribution in [3.05, 3.63) is 58.4 Å². The van der Waals surface area contributed by atoms with Crippen LogP contribution in [0.1, 0.15) is 42.5 Å². The van der Waals surface area contributed by atoms with Crippen LogP contribution in [0.4, 0.5) is 18.9 Å². The number of anilines is 1. The van der Waals surface area contributed by atoms with Crippen molar-refractivity contribution in [2.45, 2.75) is 53.5 Å². The van der Waals surface area contributed by atoms with E-state index in [4.69, 9.17) is 11.6 Å². The summed E-state index contributed by atoms with van der Waals surface area (Å²) in [4.78, 5) is 24.8. The topological polar surface area (TPSA) is 153 Å². The number of amides is 2. The molecule has 0 radical (unpaired) electrons. The third-order valence-corrected chi connectivity index (χ3v) is 11.4. The lowest BCUT2D eigenvalue weighted by atomic mass is 9.74. The molecule has 3 aliphatic rings. The van der Waals surface area contributed by atoms with Crippen molar-refractivity contribution in [3.8, 4) is 0 Å². The lowest BCUT2D eigenvalue weighted by molar-refractivity contribution is -0.127. The first kappa shape index (κ1) is 29.8. The molecule has 9 nitrogen and oxygen atoms in total. The van der Waals surface area contributed by atoms with E-state index in [-0.39, 0.29) is 47.0 Å². The first-order valence-electron chi connectivity index (χ1n) is 13.0. The van der Waals surface area contributed by atoms with Gasteiger partial charge in [-0.15, -0.1) is 0 Å². The fourth-order valence-electron chi connectivity index (χ4n) is 6.18. The zero-order valence-electron chi connectivity index (χ0n) is 21.5. The Hall–Kier alpha value is -2.71. The highest BCUT2D eigenvalue weighted by Gasteiger charge is 2.59. The molecule has 0 heterocycles. The Labute approximate surface area is 238 Å². The SMILES string of the molecule is O=C(Nc1cc(F)c(F)c(F)c1)c1ccc(Cl)c(S(=O)(=O)[C@@H]2CC3CC[C@@H](C2)[C@@]3(O)CNC(=O)C2CC2(O)CO)c1. The molecule has 6 atom stereocenters. The second-order valence-electron chi connectivity index (χ2n) is 11.2. The molecule has 5 rings (SSSR count). The van der Waals surface area contributed by atoms with E-state index in [1.54, 1.807) is 0 Å². The van der Waals surface area contributed by atoms with Gasteiger partial charge >= 0.3 is 0 Å². The van der Waals surface area contributed by atoms with Gasteiger partial charge in [-0.1, -0.05) is 11.6 Å². The minimum atomic E-state index is -4.11. The fraction of sp³-hybridized carbons (Fsp3) is 0.481. The van der Waals surface area contributed by atoms with Crippen molar-refractivity contribution in [2.24, 2.45) is 17.8 Å². The number of carbonyl (C=O) groups is 2. The van der Waals surface area contributed by atoms with E-state index < -0.39 is 79.9 Å². The van der Waals surface area contributed by atoms with Gasteiger partial charge in [0.15, 0.2) is 27.3 Å². The molecule has 3 unspecified atom stereocenters. The molecule has 2 bridgehead atoms. The van der Waals surface area contributed by atoms with E-state index in [1.165, 1.54) is 12.1 Å². The maximum Gasteiger partial charge on any atom is 0.255 e. The van der Waals surface area contributed by atoms with Gasteiger partial charge in [-0.25, -0.2) is 21.6 Å². The van der Waals surface area contributed by atoms with Crippen molar-refractivity contribution in [2.75, 3.05) is 18.5 Å². The van der Waals surface area contributed by atoms with Gasteiger partial charge in [0.1, 0.15) is 5.60 Å². The van der Waals surface area contributed by atoms with Gasteiger partial charge in [0.2, 0.25) is 5.91 Å². The number of halogens is 4. The molecule has 41 heavy (non-hydrogen) atoms. The van der Waals surface area contributed by atoms with Crippen LogP contribution in [0.2, 0.25) is 5.02 Å². The van der Waals surface area contributed by atoms with Gasteiger partial charge in [0, 0.05) is 29.9 Å². The number of carbonyl (C=O) groups excluding carboxylic acids is 2. The van der Waals surface area contributed by atoms with Crippen LogP contribution in [0.25, 0.3) is 0 Å². The van der Waals surface area contributed by atoms with Crippen molar-refractivity contribution in [1.29, 1.82) is 0 Å². The van der Waals surface area contributed by atoms with Crippen LogP contribution in [-0.2, 0) is 14.6 Å². The van der Waals surface area contributed by atoms with E-state index in [2.05, 4.69) is 10.6 Å². The molecule has 0 aliphatic heterocycles. The minimum absolute atomic E-state index is 0.0795. The Bertz CT molecular complexity index is 1490. The zero-order chi connectivity index (χ0) is 29.9. The number of hydrogen-bond donors (Lipinski definition) is 5. The van der Waals surface area contributed by atoms with Gasteiger partial charge in [-0.2, -0.15) is 0 Å². The van der Waals surface area contributed by atoms with Crippen LogP contribution in [0.5, 0.6) is 0 Å².